The molecule has 108 valence electrons. The third-order valence-corrected chi connectivity index (χ3v) is 3.86. The number of fused-ring (bicyclic) bond motifs is 1. The summed E-state index contributed by atoms with van der Waals surface area (Å²) in [6.45, 7) is 11.5. The lowest BCUT2D eigenvalue weighted by Crippen LogP contribution is -2.30. The van der Waals surface area contributed by atoms with E-state index in [9.17, 15) is 0 Å². The average molecular weight is 264 g/mol. The van der Waals surface area contributed by atoms with Crippen molar-refractivity contribution in [1.82, 2.24) is 4.57 Å². The average Bonchev–Trinajstić information content (AvgIpc) is 2.66. The van der Waals surface area contributed by atoms with Crippen LogP contribution in [0.1, 0.15) is 51.4 Å². The number of ether oxygens (including phenoxy) is 1. The highest BCUT2D eigenvalue weighted by atomic mass is 16.5. The maximum absolute atomic E-state index is 6.29. The van der Waals surface area contributed by atoms with Crippen molar-refractivity contribution in [2.24, 2.45) is 17.1 Å². The normalized spacial score (nSPS) is 21.7. The Morgan fingerprint density at radius 2 is 2.21 bits per heavy atom. The molecule has 1 aromatic rings. The third kappa shape index (κ3) is 3.61. The molecule has 2 rings (SSSR count). The van der Waals surface area contributed by atoms with Crippen LogP contribution in [0.4, 0.5) is 0 Å². The van der Waals surface area contributed by atoms with Gasteiger partial charge in [-0.15, -0.1) is 0 Å². The van der Waals surface area contributed by atoms with Gasteiger partial charge < -0.3 is 15.0 Å². The Morgan fingerprint density at radius 1 is 1.47 bits per heavy atom. The summed E-state index contributed by atoms with van der Waals surface area (Å²) in [6, 6.07) is 2.38. The minimum absolute atomic E-state index is 0.191. The van der Waals surface area contributed by atoms with Gasteiger partial charge in [0.05, 0.1) is 6.61 Å². The van der Waals surface area contributed by atoms with Crippen LogP contribution in [0.3, 0.4) is 0 Å². The Kier molecular flexibility index (Phi) is 4.36. The number of nitrogens with two attached hydrogens (primary N) is 1. The van der Waals surface area contributed by atoms with Crippen molar-refractivity contribution in [2.75, 3.05) is 13.2 Å². The van der Waals surface area contributed by atoms with E-state index in [0.717, 1.165) is 32.6 Å². The lowest BCUT2D eigenvalue weighted by atomic mass is 9.74. The molecule has 0 saturated carbocycles. The number of hydrogen-bond acceptors (Lipinski definition) is 2. The van der Waals surface area contributed by atoms with E-state index in [1.54, 1.807) is 0 Å². The van der Waals surface area contributed by atoms with Crippen LogP contribution in [0.5, 0.6) is 0 Å². The minimum atomic E-state index is 0.191. The minimum Gasteiger partial charge on any atom is -0.379 e. The molecule has 1 aromatic heterocycles. The topological polar surface area (TPSA) is 40.2 Å². The molecule has 0 bridgehead atoms. The molecule has 0 radical (unpaired) electrons. The molecule has 1 aliphatic carbocycles. The van der Waals surface area contributed by atoms with Gasteiger partial charge in [-0.2, -0.15) is 0 Å². The molecule has 0 spiro atoms. The van der Waals surface area contributed by atoms with E-state index in [0.29, 0.717) is 11.3 Å². The maximum atomic E-state index is 6.29. The molecule has 19 heavy (non-hydrogen) atoms. The molecule has 1 atom stereocenters. The largest absolute Gasteiger partial charge is 0.379 e. The zero-order valence-electron chi connectivity index (χ0n) is 12.8. The first-order valence-electron chi connectivity index (χ1n) is 7.40. The van der Waals surface area contributed by atoms with Gasteiger partial charge in [0.15, 0.2) is 0 Å². The third-order valence-electron chi connectivity index (χ3n) is 3.86. The monoisotopic (exact) mass is 264 g/mol. The summed E-state index contributed by atoms with van der Waals surface area (Å²) in [5.74, 6) is 0.603. The van der Waals surface area contributed by atoms with Crippen LogP contribution in [0, 0.1) is 11.3 Å². The Balaban J connectivity index is 2.00. The molecule has 3 heteroatoms. The van der Waals surface area contributed by atoms with Crippen LogP contribution < -0.4 is 5.73 Å². The maximum Gasteiger partial charge on any atom is 0.0645 e. The summed E-state index contributed by atoms with van der Waals surface area (Å²) in [5, 5.41) is 0. The first kappa shape index (κ1) is 14.6. The van der Waals surface area contributed by atoms with Crippen LogP contribution in [0.2, 0.25) is 0 Å². The molecule has 3 nitrogen and oxygen atoms in total. The van der Waals surface area contributed by atoms with Crippen molar-refractivity contribution in [1.29, 1.82) is 0 Å². The van der Waals surface area contributed by atoms with Crippen molar-refractivity contribution in [3.63, 3.8) is 0 Å². The Bertz CT molecular complexity index is 420. The van der Waals surface area contributed by atoms with Crippen molar-refractivity contribution in [3.05, 3.63) is 23.5 Å². The van der Waals surface area contributed by atoms with E-state index in [4.69, 9.17) is 10.5 Å². The van der Waals surface area contributed by atoms with Crippen LogP contribution in [0.25, 0.3) is 0 Å². The SMILES string of the molecule is CC(C)COCCn1ccc2c1CC(C)(C)CC2N. The predicted molar refractivity (Wildman–Crippen MR) is 79.1 cm³/mol. The molecular formula is C16H28N2O. The number of nitrogens with zero attached hydrogens (tertiary/aromatic N) is 1. The highest BCUT2D eigenvalue weighted by molar-refractivity contribution is 5.30. The second-order valence-electron chi connectivity index (χ2n) is 7.03. The van der Waals surface area contributed by atoms with E-state index in [-0.39, 0.29) is 6.04 Å². The highest BCUT2D eigenvalue weighted by Crippen LogP contribution is 2.39. The molecule has 1 aliphatic rings. The fourth-order valence-corrected chi connectivity index (χ4v) is 2.99. The van der Waals surface area contributed by atoms with Gasteiger partial charge in [-0.25, -0.2) is 0 Å². The molecular weight excluding hydrogens is 236 g/mol. The Morgan fingerprint density at radius 3 is 2.89 bits per heavy atom. The van der Waals surface area contributed by atoms with Crippen molar-refractivity contribution >= 4 is 0 Å². The van der Waals surface area contributed by atoms with Gasteiger partial charge in [0.2, 0.25) is 0 Å². The number of aromatic nitrogens is 1. The van der Waals surface area contributed by atoms with Gasteiger partial charge >= 0.3 is 0 Å². The molecule has 0 saturated heterocycles. The second kappa shape index (κ2) is 5.68. The summed E-state index contributed by atoms with van der Waals surface area (Å²) < 4.78 is 8.02. The molecule has 1 unspecified atom stereocenters. The standard InChI is InChI=1S/C16H28N2O/c1-12(2)11-19-8-7-18-6-5-13-14(17)9-16(3,4)10-15(13)18/h5-6,12,14H,7-11,17H2,1-4H3. The second-order valence-corrected chi connectivity index (χ2v) is 7.03. The van der Waals surface area contributed by atoms with E-state index in [2.05, 4.69) is 44.5 Å². The zero-order valence-corrected chi connectivity index (χ0v) is 12.8. The quantitative estimate of drug-likeness (QED) is 0.830. The van der Waals surface area contributed by atoms with Gasteiger partial charge in [-0.1, -0.05) is 27.7 Å². The fourth-order valence-electron chi connectivity index (χ4n) is 2.99. The summed E-state index contributed by atoms with van der Waals surface area (Å²) in [4.78, 5) is 0. The van der Waals surface area contributed by atoms with E-state index in [1.165, 1.54) is 11.3 Å². The summed E-state index contributed by atoms with van der Waals surface area (Å²) in [5.41, 5.74) is 9.34. The van der Waals surface area contributed by atoms with Crippen molar-refractivity contribution in [3.8, 4) is 0 Å². The Hall–Kier alpha value is -0.800. The zero-order chi connectivity index (χ0) is 14.0. The summed E-state index contributed by atoms with van der Waals surface area (Å²) in [6.07, 6.45) is 4.37. The number of rotatable bonds is 5. The van der Waals surface area contributed by atoms with Gasteiger partial charge in [-0.3, -0.25) is 0 Å². The van der Waals surface area contributed by atoms with Crippen LogP contribution in [-0.4, -0.2) is 17.8 Å². The van der Waals surface area contributed by atoms with Crippen LogP contribution in [0.15, 0.2) is 12.3 Å². The summed E-state index contributed by atoms with van der Waals surface area (Å²) in [7, 11) is 0. The molecule has 1 heterocycles. The smallest absolute Gasteiger partial charge is 0.0645 e. The van der Waals surface area contributed by atoms with Crippen LogP contribution in [-0.2, 0) is 17.7 Å². The van der Waals surface area contributed by atoms with Crippen molar-refractivity contribution < 1.29 is 4.74 Å². The molecule has 0 aromatic carbocycles. The van der Waals surface area contributed by atoms with E-state index >= 15 is 0 Å². The first-order chi connectivity index (χ1) is 8.89. The van der Waals surface area contributed by atoms with Gasteiger partial charge in [0.1, 0.15) is 0 Å². The van der Waals surface area contributed by atoms with Crippen LogP contribution >= 0.6 is 0 Å². The molecule has 2 N–H and O–H groups in total. The first-order valence-corrected chi connectivity index (χ1v) is 7.40. The predicted octanol–water partition coefficient (Wildman–Crippen LogP) is 3.13. The Labute approximate surface area is 117 Å². The fraction of sp³-hybridized carbons (Fsp3) is 0.750. The van der Waals surface area contributed by atoms with E-state index < -0.39 is 0 Å². The van der Waals surface area contributed by atoms with Crippen molar-refractivity contribution in [2.45, 2.75) is 53.1 Å². The lowest BCUT2D eigenvalue weighted by molar-refractivity contribution is 0.102. The number of hydrogen-bond donors (Lipinski definition) is 1. The lowest BCUT2D eigenvalue weighted by Gasteiger charge is -2.34. The molecule has 0 amide bonds. The van der Waals surface area contributed by atoms with E-state index in [1.807, 2.05) is 0 Å². The highest BCUT2D eigenvalue weighted by Gasteiger charge is 2.32. The van der Waals surface area contributed by atoms with Gasteiger partial charge in [0.25, 0.3) is 0 Å². The van der Waals surface area contributed by atoms with Gasteiger partial charge in [-0.05, 0) is 35.8 Å². The summed E-state index contributed by atoms with van der Waals surface area (Å²) >= 11 is 0. The molecule has 0 aliphatic heterocycles. The van der Waals surface area contributed by atoms with Gasteiger partial charge in [0, 0.05) is 31.1 Å². The molecule has 0 fully saturated rings.